The molecule has 0 bridgehead atoms. The molecular formula is C10H18N2O6S. The second kappa shape index (κ2) is 6.31. The van der Waals surface area contributed by atoms with Crippen molar-refractivity contribution in [3.63, 3.8) is 0 Å². The van der Waals surface area contributed by atoms with E-state index in [4.69, 9.17) is 5.11 Å². The van der Waals surface area contributed by atoms with Gasteiger partial charge in [-0.05, 0) is 12.8 Å². The molecule has 0 aliphatic carbocycles. The predicted octanol–water partition coefficient (Wildman–Crippen LogP) is -0.725. The van der Waals surface area contributed by atoms with Crippen LogP contribution in [0, 0.1) is 0 Å². The van der Waals surface area contributed by atoms with Gasteiger partial charge in [0.2, 0.25) is 0 Å². The first-order valence-corrected chi connectivity index (χ1v) is 7.23. The highest BCUT2D eigenvalue weighted by Crippen LogP contribution is 2.22. The number of esters is 1. The fourth-order valence-electron chi connectivity index (χ4n) is 1.91. The molecule has 9 heteroatoms. The molecule has 1 atom stereocenters. The Bertz CT molecular complexity index is 449. The molecule has 0 amide bonds. The Morgan fingerprint density at radius 2 is 2.11 bits per heavy atom. The van der Waals surface area contributed by atoms with Crippen molar-refractivity contribution in [3.8, 4) is 0 Å². The third-order valence-corrected chi connectivity index (χ3v) is 5.04. The lowest BCUT2D eigenvalue weighted by atomic mass is 10.2. The van der Waals surface area contributed by atoms with E-state index >= 15 is 0 Å². The van der Waals surface area contributed by atoms with Crippen LogP contribution >= 0.6 is 0 Å². The number of carboxylic acid groups (broad SMARTS) is 1. The van der Waals surface area contributed by atoms with Gasteiger partial charge in [-0.2, -0.15) is 17.0 Å². The van der Waals surface area contributed by atoms with Crippen LogP contribution in [-0.4, -0.2) is 67.4 Å². The topological polar surface area (TPSA) is 104 Å². The van der Waals surface area contributed by atoms with E-state index in [-0.39, 0.29) is 19.5 Å². The first kappa shape index (κ1) is 15.9. The van der Waals surface area contributed by atoms with Gasteiger partial charge < -0.3 is 9.84 Å². The van der Waals surface area contributed by atoms with Gasteiger partial charge in [0.05, 0.1) is 13.5 Å². The fourth-order valence-corrected chi connectivity index (χ4v) is 3.47. The van der Waals surface area contributed by atoms with Gasteiger partial charge in [-0.3, -0.25) is 9.59 Å². The summed E-state index contributed by atoms with van der Waals surface area (Å²) in [7, 11) is -1.32. The van der Waals surface area contributed by atoms with E-state index in [1.54, 1.807) is 0 Å². The lowest BCUT2D eigenvalue weighted by Gasteiger charge is -2.26. The number of carboxylic acids is 1. The Morgan fingerprint density at radius 1 is 1.47 bits per heavy atom. The van der Waals surface area contributed by atoms with Crippen molar-refractivity contribution < 1.29 is 27.9 Å². The summed E-state index contributed by atoms with van der Waals surface area (Å²) in [6, 6.07) is -1.02. The Morgan fingerprint density at radius 3 is 2.63 bits per heavy atom. The van der Waals surface area contributed by atoms with E-state index in [0.29, 0.717) is 12.8 Å². The molecule has 0 unspecified atom stereocenters. The SMILES string of the molecule is COC(=O)CCN(C)S(=O)(=O)N1CCC[C@@H]1C(=O)O. The third-order valence-electron chi connectivity index (χ3n) is 3.04. The summed E-state index contributed by atoms with van der Waals surface area (Å²) < 4.78 is 30.7. The highest BCUT2D eigenvalue weighted by molar-refractivity contribution is 7.86. The first-order chi connectivity index (χ1) is 8.80. The molecule has 0 radical (unpaired) electrons. The molecule has 1 N–H and O–H groups in total. The van der Waals surface area contributed by atoms with Crippen LogP contribution in [0.1, 0.15) is 19.3 Å². The predicted molar refractivity (Wildman–Crippen MR) is 65.5 cm³/mol. The summed E-state index contributed by atoms with van der Waals surface area (Å²) in [5, 5.41) is 8.99. The zero-order valence-electron chi connectivity index (χ0n) is 10.9. The Kier molecular flexibility index (Phi) is 5.27. The van der Waals surface area contributed by atoms with Gasteiger partial charge in [-0.1, -0.05) is 0 Å². The molecular weight excluding hydrogens is 276 g/mol. The summed E-state index contributed by atoms with van der Waals surface area (Å²) in [6.07, 6.45) is 0.748. The minimum absolute atomic E-state index is 0.0438. The molecule has 0 aromatic heterocycles. The maximum Gasteiger partial charge on any atom is 0.322 e. The minimum atomic E-state index is -3.86. The van der Waals surface area contributed by atoms with Gasteiger partial charge >= 0.3 is 11.9 Å². The number of ether oxygens (including phenoxy) is 1. The van der Waals surface area contributed by atoms with Gasteiger partial charge in [-0.15, -0.1) is 0 Å². The average molecular weight is 294 g/mol. The van der Waals surface area contributed by atoms with E-state index in [9.17, 15) is 18.0 Å². The van der Waals surface area contributed by atoms with Crippen LogP contribution < -0.4 is 0 Å². The van der Waals surface area contributed by atoms with Crippen LogP contribution in [0.25, 0.3) is 0 Å². The van der Waals surface area contributed by atoms with Crippen molar-refractivity contribution in [1.82, 2.24) is 8.61 Å². The summed E-state index contributed by atoms with van der Waals surface area (Å²) in [6.45, 7) is 0.139. The molecule has 0 aromatic rings. The third kappa shape index (κ3) is 3.64. The molecule has 110 valence electrons. The molecule has 1 heterocycles. The Labute approximate surface area is 112 Å². The number of nitrogens with zero attached hydrogens (tertiary/aromatic N) is 2. The first-order valence-electron chi connectivity index (χ1n) is 5.83. The average Bonchev–Trinajstić information content (AvgIpc) is 2.85. The van der Waals surface area contributed by atoms with Crippen LogP contribution in [0.3, 0.4) is 0 Å². The molecule has 1 saturated heterocycles. The molecule has 1 fully saturated rings. The minimum Gasteiger partial charge on any atom is -0.480 e. The Hall–Kier alpha value is -1.19. The van der Waals surface area contributed by atoms with E-state index in [0.717, 1.165) is 8.61 Å². The maximum atomic E-state index is 12.2. The van der Waals surface area contributed by atoms with Gasteiger partial charge in [0.15, 0.2) is 0 Å². The van der Waals surface area contributed by atoms with E-state index in [1.807, 2.05) is 0 Å². The van der Waals surface area contributed by atoms with Gasteiger partial charge in [0, 0.05) is 20.1 Å². The highest BCUT2D eigenvalue weighted by atomic mass is 32.2. The van der Waals surface area contributed by atoms with Gasteiger partial charge in [-0.25, -0.2) is 0 Å². The number of hydrogen-bond acceptors (Lipinski definition) is 5. The van der Waals surface area contributed by atoms with Crippen molar-refractivity contribution in [2.75, 3.05) is 27.2 Å². The van der Waals surface area contributed by atoms with E-state index < -0.39 is 28.2 Å². The van der Waals surface area contributed by atoms with Crippen molar-refractivity contribution in [2.45, 2.75) is 25.3 Å². The standard InChI is InChI=1S/C10H18N2O6S/c1-11(7-5-9(13)18-2)19(16,17)12-6-3-4-8(12)10(14)15/h8H,3-7H2,1-2H3,(H,14,15)/t8-/m1/s1. The Balaban J connectivity index is 2.74. The largest absolute Gasteiger partial charge is 0.480 e. The monoisotopic (exact) mass is 294 g/mol. The van der Waals surface area contributed by atoms with Crippen LogP contribution in [0.5, 0.6) is 0 Å². The molecule has 1 rings (SSSR count). The second-order valence-corrected chi connectivity index (χ2v) is 6.25. The van der Waals surface area contributed by atoms with Crippen LogP contribution in [0.15, 0.2) is 0 Å². The van der Waals surface area contributed by atoms with Crippen molar-refractivity contribution in [1.29, 1.82) is 0 Å². The number of carbonyl (C=O) groups excluding carboxylic acids is 1. The zero-order valence-corrected chi connectivity index (χ0v) is 11.7. The fraction of sp³-hybridized carbons (Fsp3) is 0.800. The van der Waals surface area contributed by atoms with Crippen LogP contribution in [0.4, 0.5) is 0 Å². The number of methoxy groups -OCH3 is 1. The molecule has 8 nitrogen and oxygen atoms in total. The molecule has 1 aliphatic heterocycles. The molecule has 0 aromatic carbocycles. The second-order valence-electron chi connectivity index (χ2n) is 4.26. The smallest absolute Gasteiger partial charge is 0.322 e. The lowest BCUT2D eigenvalue weighted by molar-refractivity contribution is -0.141. The summed E-state index contributed by atoms with van der Waals surface area (Å²) >= 11 is 0. The lowest BCUT2D eigenvalue weighted by Crippen LogP contribution is -2.47. The maximum absolute atomic E-state index is 12.2. The van der Waals surface area contributed by atoms with Crippen LogP contribution in [-0.2, 0) is 24.5 Å². The van der Waals surface area contributed by atoms with Crippen molar-refractivity contribution in [2.24, 2.45) is 0 Å². The molecule has 1 aliphatic rings. The molecule has 19 heavy (non-hydrogen) atoms. The van der Waals surface area contributed by atoms with E-state index in [2.05, 4.69) is 4.74 Å². The van der Waals surface area contributed by atoms with Crippen LogP contribution in [0.2, 0.25) is 0 Å². The van der Waals surface area contributed by atoms with Crippen molar-refractivity contribution >= 4 is 22.1 Å². The summed E-state index contributed by atoms with van der Waals surface area (Å²) in [4.78, 5) is 22.0. The molecule has 0 saturated carbocycles. The highest BCUT2D eigenvalue weighted by Gasteiger charge is 2.40. The zero-order chi connectivity index (χ0) is 14.6. The van der Waals surface area contributed by atoms with Gasteiger partial charge in [0.25, 0.3) is 10.2 Å². The van der Waals surface area contributed by atoms with Crippen molar-refractivity contribution in [3.05, 3.63) is 0 Å². The number of aliphatic carboxylic acids is 1. The van der Waals surface area contributed by atoms with Gasteiger partial charge in [0.1, 0.15) is 6.04 Å². The summed E-state index contributed by atoms with van der Waals surface area (Å²) in [5.74, 6) is -1.67. The normalized spacial score (nSPS) is 20.7. The number of carbonyl (C=O) groups is 2. The number of hydrogen-bond donors (Lipinski definition) is 1. The quantitative estimate of drug-likeness (QED) is 0.648. The number of rotatable bonds is 6. The molecule has 0 spiro atoms. The summed E-state index contributed by atoms with van der Waals surface area (Å²) in [5.41, 5.74) is 0. The van der Waals surface area contributed by atoms with E-state index in [1.165, 1.54) is 14.2 Å².